The molecule has 4 rings (SSSR count). The van der Waals surface area contributed by atoms with Crippen LogP contribution in [0.1, 0.15) is 34.3 Å². The summed E-state index contributed by atoms with van der Waals surface area (Å²) in [5, 5.41) is 7.65. The summed E-state index contributed by atoms with van der Waals surface area (Å²) in [6, 6.07) is 42.9. The van der Waals surface area contributed by atoms with Crippen molar-refractivity contribution in [2.24, 2.45) is 0 Å². The van der Waals surface area contributed by atoms with Crippen LogP contribution in [0.4, 0.5) is 0 Å². The molecule has 0 unspecified atom stereocenters. The molecule has 30 heavy (non-hydrogen) atoms. The number of hydrogen-bond donors (Lipinski definition) is 2. The summed E-state index contributed by atoms with van der Waals surface area (Å²) >= 11 is 0. The lowest BCUT2D eigenvalue weighted by molar-refractivity contribution is 0.381. The Kier molecular flexibility index (Phi) is 7.06. The molecule has 0 fully saturated rings. The van der Waals surface area contributed by atoms with Crippen LogP contribution in [-0.2, 0) is 13.1 Å². The van der Waals surface area contributed by atoms with Gasteiger partial charge in [-0.05, 0) is 22.3 Å². The third-order valence-electron chi connectivity index (χ3n) is 5.39. The van der Waals surface area contributed by atoms with Crippen LogP contribution in [0.15, 0.2) is 121 Å². The molecular weight excluding hydrogens is 364 g/mol. The molecule has 2 atom stereocenters. The number of nitrogens with one attached hydrogen (secondary N) is 2. The Morgan fingerprint density at radius 3 is 1.03 bits per heavy atom. The van der Waals surface area contributed by atoms with Gasteiger partial charge < -0.3 is 10.6 Å². The first-order valence-corrected chi connectivity index (χ1v) is 10.5. The maximum absolute atomic E-state index is 3.82. The van der Waals surface area contributed by atoms with E-state index in [1.165, 1.54) is 22.3 Å². The van der Waals surface area contributed by atoms with Crippen LogP contribution in [-0.4, -0.2) is 0 Å². The smallest absolute Gasteiger partial charge is 0.0521 e. The van der Waals surface area contributed by atoms with Gasteiger partial charge in [0.05, 0.1) is 12.1 Å². The monoisotopic (exact) mass is 392 g/mol. The van der Waals surface area contributed by atoms with Gasteiger partial charge in [-0.2, -0.15) is 0 Å². The second kappa shape index (κ2) is 10.5. The molecule has 4 aromatic rings. The first kappa shape index (κ1) is 20.1. The Balaban J connectivity index is 1.63. The fraction of sp³-hybridized carbons (Fsp3) is 0.143. The number of hydrogen-bond acceptors (Lipinski definition) is 2. The molecule has 0 saturated heterocycles. The summed E-state index contributed by atoms with van der Waals surface area (Å²) in [6.45, 7) is 1.63. The third-order valence-corrected chi connectivity index (χ3v) is 5.39. The van der Waals surface area contributed by atoms with Gasteiger partial charge in [-0.3, -0.25) is 0 Å². The molecule has 150 valence electrons. The fourth-order valence-electron chi connectivity index (χ4n) is 3.82. The molecule has 2 nitrogen and oxygen atoms in total. The average Bonchev–Trinajstić information content (AvgIpc) is 2.83. The van der Waals surface area contributed by atoms with Crippen molar-refractivity contribution < 1.29 is 0 Å². The zero-order valence-corrected chi connectivity index (χ0v) is 17.1. The van der Waals surface area contributed by atoms with Gasteiger partial charge in [0.25, 0.3) is 0 Å². The lowest BCUT2D eigenvalue weighted by Gasteiger charge is -2.30. The first-order chi connectivity index (χ1) is 14.9. The van der Waals surface area contributed by atoms with Crippen LogP contribution in [0.5, 0.6) is 0 Å². The van der Waals surface area contributed by atoms with Crippen molar-refractivity contribution in [1.29, 1.82) is 0 Å². The molecule has 2 N–H and O–H groups in total. The number of benzene rings is 4. The predicted molar refractivity (Wildman–Crippen MR) is 125 cm³/mol. The van der Waals surface area contributed by atoms with Gasteiger partial charge in [-0.25, -0.2) is 0 Å². The number of rotatable bonds is 9. The summed E-state index contributed by atoms with van der Waals surface area (Å²) in [7, 11) is 0. The standard InChI is InChI=1S/C28H28N2/c1-5-13-23(14-6-1)21-29-27(25-17-9-3-10-18-25)28(26-19-11-4-12-20-26)30-22-24-15-7-2-8-16-24/h1-20,27-30H,21-22H2/t27-,28+. The summed E-state index contributed by atoms with van der Waals surface area (Å²) in [5.41, 5.74) is 5.13. The lowest BCUT2D eigenvalue weighted by atomic mass is 9.92. The van der Waals surface area contributed by atoms with Gasteiger partial charge in [0, 0.05) is 13.1 Å². The molecule has 0 amide bonds. The molecular formula is C28H28N2. The minimum Gasteiger partial charge on any atom is -0.304 e. The normalized spacial score (nSPS) is 12.9. The Labute approximate surface area is 179 Å². The van der Waals surface area contributed by atoms with Crippen LogP contribution in [0.3, 0.4) is 0 Å². The van der Waals surface area contributed by atoms with E-state index in [9.17, 15) is 0 Å². The molecule has 0 spiro atoms. The summed E-state index contributed by atoms with van der Waals surface area (Å²) in [6.07, 6.45) is 0. The molecule has 0 heterocycles. The molecule has 0 aliphatic heterocycles. The predicted octanol–water partition coefficient (Wildman–Crippen LogP) is 6.05. The van der Waals surface area contributed by atoms with E-state index in [-0.39, 0.29) is 12.1 Å². The average molecular weight is 393 g/mol. The quantitative estimate of drug-likeness (QED) is 0.362. The third kappa shape index (κ3) is 5.44. The Hall–Kier alpha value is -3.20. The first-order valence-electron chi connectivity index (χ1n) is 10.5. The zero-order valence-electron chi connectivity index (χ0n) is 17.1. The van der Waals surface area contributed by atoms with E-state index in [0.717, 1.165) is 13.1 Å². The molecule has 0 aromatic heterocycles. The van der Waals surface area contributed by atoms with Crippen molar-refractivity contribution in [2.75, 3.05) is 0 Å². The highest BCUT2D eigenvalue weighted by Crippen LogP contribution is 2.30. The van der Waals surface area contributed by atoms with Gasteiger partial charge in [0.2, 0.25) is 0 Å². The molecule has 0 aliphatic carbocycles. The highest BCUT2D eigenvalue weighted by Gasteiger charge is 2.24. The van der Waals surface area contributed by atoms with Gasteiger partial charge >= 0.3 is 0 Å². The lowest BCUT2D eigenvalue weighted by Crippen LogP contribution is -2.35. The van der Waals surface area contributed by atoms with E-state index in [0.29, 0.717) is 0 Å². The van der Waals surface area contributed by atoms with Crippen LogP contribution in [0, 0.1) is 0 Å². The zero-order chi connectivity index (χ0) is 20.4. The SMILES string of the molecule is c1ccc(CN[C@H](c2ccccc2)[C@@H](NCc2ccccc2)c2ccccc2)cc1. The fourth-order valence-corrected chi connectivity index (χ4v) is 3.82. The summed E-state index contributed by atoms with van der Waals surface area (Å²) in [5.74, 6) is 0. The second-order valence-electron chi connectivity index (χ2n) is 7.51. The van der Waals surface area contributed by atoms with E-state index in [1.54, 1.807) is 0 Å². The highest BCUT2D eigenvalue weighted by atomic mass is 15.0. The van der Waals surface area contributed by atoms with Crippen LogP contribution in [0.25, 0.3) is 0 Å². The van der Waals surface area contributed by atoms with Crippen molar-refractivity contribution in [1.82, 2.24) is 10.6 Å². The molecule has 0 bridgehead atoms. The molecule has 0 aliphatic rings. The van der Waals surface area contributed by atoms with E-state index < -0.39 is 0 Å². The van der Waals surface area contributed by atoms with Crippen LogP contribution in [0.2, 0.25) is 0 Å². The van der Waals surface area contributed by atoms with Crippen LogP contribution >= 0.6 is 0 Å². The van der Waals surface area contributed by atoms with Crippen LogP contribution < -0.4 is 10.6 Å². The molecule has 2 heteroatoms. The van der Waals surface area contributed by atoms with E-state index >= 15 is 0 Å². The van der Waals surface area contributed by atoms with Gasteiger partial charge in [-0.15, -0.1) is 0 Å². The molecule has 0 saturated carbocycles. The van der Waals surface area contributed by atoms with Crippen molar-refractivity contribution in [3.8, 4) is 0 Å². The van der Waals surface area contributed by atoms with E-state index in [2.05, 4.69) is 132 Å². The summed E-state index contributed by atoms with van der Waals surface area (Å²) < 4.78 is 0. The van der Waals surface area contributed by atoms with Crippen molar-refractivity contribution in [3.05, 3.63) is 144 Å². The Morgan fingerprint density at radius 2 is 0.700 bits per heavy atom. The summed E-state index contributed by atoms with van der Waals surface area (Å²) in [4.78, 5) is 0. The van der Waals surface area contributed by atoms with Gasteiger partial charge in [0.15, 0.2) is 0 Å². The maximum atomic E-state index is 3.82. The van der Waals surface area contributed by atoms with Crippen molar-refractivity contribution in [2.45, 2.75) is 25.2 Å². The molecule has 0 radical (unpaired) electrons. The maximum Gasteiger partial charge on any atom is 0.0521 e. The van der Waals surface area contributed by atoms with E-state index in [4.69, 9.17) is 0 Å². The Bertz CT molecular complexity index is 901. The van der Waals surface area contributed by atoms with Crippen molar-refractivity contribution >= 4 is 0 Å². The Morgan fingerprint density at radius 1 is 0.400 bits per heavy atom. The largest absolute Gasteiger partial charge is 0.304 e. The van der Waals surface area contributed by atoms with E-state index in [1.807, 2.05) is 0 Å². The second-order valence-corrected chi connectivity index (χ2v) is 7.51. The highest BCUT2D eigenvalue weighted by molar-refractivity contribution is 5.28. The molecule has 4 aromatic carbocycles. The van der Waals surface area contributed by atoms with Gasteiger partial charge in [0.1, 0.15) is 0 Å². The van der Waals surface area contributed by atoms with Crippen molar-refractivity contribution in [3.63, 3.8) is 0 Å². The topological polar surface area (TPSA) is 24.1 Å². The van der Waals surface area contributed by atoms with Gasteiger partial charge in [-0.1, -0.05) is 121 Å². The minimum atomic E-state index is 0.137. The minimum absolute atomic E-state index is 0.137.